The lowest BCUT2D eigenvalue weighted by atomic mass is 10.0. The zero-order chi connectivity index (χ0) is 19.1. The van der Waals surface area contributed by atoms with Crippen LogP contribution in [0.3, 0.4) is 0 Å². The summed E-state index contributed by atoms with van der Waals surface area (Å²) in [5, 5.41) is 3.63. The summed E-state index contributed by atoms with van der Waals surface area (Å²) in [6.07, 6.45) is 3.72. The molecule has 0 unspecified atom stereocenters. The minimum absolute atomic E-state index is 0.0129. The number of aryl methyl sites for hydroxylation is 1. The second-order valence-corrected chi connectivity index (χ2v) is 7.51. The molecule has 0 aliphatic carbocycles. The highest BCUT2D eigenvalue weighted by Crippen LogP contribution is 2.24. The van der Waals surface area contributed by atoms with Gasteiger partial charge in [-0.3, -0.25) is 9.69 Å². The normalized spacial score (nSPS) is 15.9. The van der Waals surface area contributed by atoms with Gasteiger partial charge in [-0.15, -0.1) is 0 Å². The van der Waals surface area contributed by atoms with Gasteiger partial charge in [0.25, 0.3) is 5.91 Å². The number of carbonyl (C=O) groups excluding carboxylic acids is 1. The lowest BCUT2D eigenvalue weighted by Crippen LogP contribution is -2.41. The molecule has 1 amide bonds. The highest BCUT2D eigenvalue weighted by atomic mass is 35.5. The molecule has 0 spiro atoms. The van der Waals surface area contributed by atoms with E-state index in [1.165, 1.54) is 30.4 Å². The Morgan fingerprint density at radius 3 is 2.59 bits per heavy atom. The summed E-state index contributed by atoms with van der Waals surface area (Å²) in [7, 11) is 0. The fraction of sp³-hybridized carbons (Fsp3) is 0.409. The van der Waals surface area contributed by atoms with Crippen molar-refractivity contribution in [2.24, 2.45) is 0 Å². The topological polar surface area (TPSA) is 41.6 Å². The molecule has 1 atom stereocenters. The fourth-order valence-corrected chi connectivity index (χ4v) is 3.62. The van der Waals surface area contributed by atoms with Gasteiger partial charge in [-0.2, -0.15) is 0 Å². The molecule has 5 heteroatoms. The van der Waals surface area contributed by atoms with Gasteiger partial charge in [0.2, 0.25) is 0 Å². The molecule has 0 bridgehead atoms. The molecule has 0 radical (unpaired) electrons. The van der Waals surface area contributed by atoms with Crippen LogP contribution < -0.4 is 10.1 Å². The number of benzene rings is 2. The minimum atomic E-state index is -0.121. The summed E-state index contributed by atoms with van der Waals surface area (Å²) in [5.74, 6) is 0.480. The largest absolute Gasteiger partial charge is 0.484 e. The molecule has 1 N–H and O–H groups in total. The van der Waals surface area contributed by atoms with E-state index in [9.17, 15) is 4.79 Å². The van der Waals surface area contributed by atoms with Crippen LogP contribution >= 0.6 is 11.6 Å². The molecule has 27 heavy (non-hydrogen) atoms. The summed E-state index contributed by atoms with van der Waals surface area (Å²) in [5.41, 5.74) is 2.49. The van der Waals surface area contributed by atoms with Gasteiger partial charge in [0.05, 0.1) is 6.04 Å². The molecular formula is C22H27ClN2O2. The van der Waals surface area contributed by atoms with Gasteiger partial charge in [-0.1, -0.05) is 53.9 Å². The van der Waals surface area contributed by atoms with E-state index >= 15 is 0 Å². The fourth-order valence-electron chi connectivity index (χ4n) is 3.44. The Labute approximate surface area is 166 Å². The third kappa shape index (κ3) is 5.98. The van der Waals surface area contributed by atoms with Gasteiger partial charge in [0, 0.05) is 11.6 Å². The third-order valence-corrected chi connectivity index (χ3v) is 5.19. The van der Waals surface area contributed by atoms with E-state index in [-0.39, 0.29) is 18.6 Å². The Balaban J connectivity index is 1.58. The average Bonchev–Trinajstić information content (AvgIpc) is 2.69. The summed E-state index contributed by atoms with van der Waals surface area (Å²) in [6.45, 7) is 4.82. The first-order valence-corrected chi connectivity index (χ1v) is 9.95. The van der Waals surface area contributed by atoms with Gasteiger partial charge in [-0.25, -0.2) is 0 Å². The summed E-state index contributed by atoms with van der Waals surface area (Å²) in [6, 6.07) is 15.9. The summed E-state index contributed by atoms with van der Waals surface area (Å²) < 4.78 is 5.54. The molecule has 2 aromatic carbocycles. The maximum absolute atomic E-state index is 12.3. The molecular weight excluding hydrogens is 360 g/mol. The Morgan fingerprint density at radius 1 is 1.15 bits per heavy atom. The van der Waals surface area contributed by atoms with Gasteiger partial charge < -0.3 is 10.1 Å². The number of piperidine rings is 1. The van der Waals surface area contributed by atoms with Gasteiger partial charge in [-0.05, 0) is 56.6 Å². The number of amides is 1. The van der Waals surface area contributed by atoms with Crippen molar-refractivity contribution in [3.05, 3.63) is 64.7 Å². The summed E-state index contributed by atoms with van der Waals surface area (Å²) >= 11 is 5.94. The monoisotopic (exact) mass is 386 g/mol. The van der Waals surface area contributed by atoms with Gasteiger partial charge >= 0.3 is 0 Å². The van der Waals surface area contributed by atoms with Crippen molar-refractivity contribution in [2.45, 2.75) is 32.2 Å². The van der Waals surface area contributed by atoms with Crippen molar-refractivity contribution in [3.63, 3.8) is 0 Å². The van der Waals surface area contributed by atoms with Crippen LogP contribution in [0, 0.1) is 6.92 Å². The molecule has 1 heterocycles. The molecule has 3 rings (SSSR count). The van der Waals surface area contributed by atoms with E-state index in [0.717, 1.165) is 13.1 Å². The maximum atomic E-state index is 12.3. The number of ether oxygens (including phenoxy) is 1. The number of nitrogens with one attached hydrogen (secondary N) is 1. The Bertz CT molecular complexity index is 742. The first-order chi connectivity index (χ1) is 13.1. The zero-order valence-corrected chi connectivity index (χ0v) is 16.5. The highest BCUT2D eigenvalue weighted by molar-refractivity contribution is 6.30. The molecule has 1 saturated heterocycles. The third-order valence-electron chi connectivity index (χ3n) is 4.95. The number of halogens is 1. The average molecular weight is 387 g/mol. The van der Waals surface area contributed by atoms with Crippen molar-refractivity contribution in [1.29, 1.82) is 0 Å². The minimum Gasteiger partial charge on any atom is -0.484 e. The van der Waals surface area contributed by atoms with Crippen molar-refractivity contribution < 1.29 is 9.53 Å². The molecule has 4 nitrogen and oxygen atoms in total. The Morgan fingerprint density at radius 2 is 1.89 bits per heavy atom. The van der Waals surface area contributed by atoms with E-state index in [4.69, 9.17) is 16.3 Å². The van der Waals surface area contributed by atoms with Crippen LogP contribution in [0.2, 0.25) is 5.02 Å². The van der Waals surface area contributed by atoms with Gasteiger partial charge in [0.1, 0.15) is 5.75 Å². The zero-order valence-electron chi connectivity index (χ0n) is 15.8. The smallest absolute Gasteiger partial charge is 0.258 e. The van der Waals surface area contributed by atoms with Crippen LogP contribution in [0.25, 0.3) is 0 Å². The maximum Gasteiger partial charge on any atom is 0.258 e. The number of carbonyl (C=O) groups is 1. The first kappa shape index (κ1) is 19.7. The SMILES string of the molecule is Cc1ccc([C@@H](CNC(=O)COc2cccc(Cl)c2)N2CCCCC2)cc1. The lowest BCUT2D eigenvalue weighted by Gasteiger charge is -2.35. The molecule has 1 fully saturated rings. The number of nitrogens with zero attached hydrogens (tertiary/aromatic N) is 1. The van der Waals surface area contributed by atoms with Crippen LogP contribution in [-0.2, 0) is 4.79 Å². The predicted octanol–water partition coefficient (Wildman–Crippen LogP) is 4.37. The lowest BCUT2D eigenvalue weighted by molar-refractivity contribution is -0.123. The van der Waals surface area contributed by atoms with Gasteiger partial charge in [0.15, 0.2) is 6.61 Å². The van der Waals surface area contributed by atoms with Crippen LogP contribution in [-0.4, -0.2) is 37.0 Å². The Hall–Kier alpha value is -2.04. The van der Waals surface area contributed by atoms with Crippen molar-refractivity contribution >= 4 is 17.5 Å². The van der Waals surface area contributed by atoms with E-state index in [0.29, 0.717) is 17.3 Å². The molecule has 0 saturated carbocycles. The number of hydrogen-bond acceptors (Lipinski definition) is 3. The van der Waals surface area contributed by atoms with E-state index in [1.807, 2.05) is 0 Å². The van der Waals surface area contributed by atoms with Crippen molar-refractivity contribution in [3.8, 4) is 5.75 Å². The second-order valence-electron chi connectivity index (χ2n) is 7.07. The number of likely N-dealkylation sites (tertiary alicyclic amines) is 1. The Kier molecular flexibility index (Phi) is 7.13. The quantitative estimate of drug-likeness (QED) is 0.768. The van der Waals surface area contributed by atoms with Crippen LogP contribution in [0.4, 0.5) is 0 Å². The molecule has 1 aliphatic heterocycles. The standard InChI is InChI=1S/C22H27ClN2O2/c1-17-8-10-18(11-9-17)21(25-12-3-2-4-13-25)15-24-22(26)16-27-20-7-5-6-19(23)14-20/h5-11,14,21H,2-4,12-13,15-16H2,1H3,(H,24,26)/t21-/m1/s1. The molecule has 1 aliphatic rings. The second kappa shape index (κ2) is 9.77. The number of hydrogen-bond donors (Lipinski definition) is 1. The van der Waals surface area contributed by atoms with E-state index in [2.05, 4.69) is 41.4 Å². The molecule has 2 aromatic rings. The highest BCUT2D eigenvalue weighted by Gasteiger charge is 2.22. The summed E-state index contributed by atoms with van der Waals surface area (Å²) in [4.78, 5) is 14.8. The van der Waals surface area contributed by atoms with Crippen molar-refractivity contribution in [2.75, 3.05) is 26.2 Å². The van der Waals surface area contributed by atoms with Crippen LogP contribution in [0.5, 0.6) is 5.75 Å². The molecule has 144 valence electrons. The van der Waals surface area contributed by atoms with Crippen LogP contribution in [0.15, 0.2) is 48.5 Å². The molecule has 0 aromatic heterocycles. The van der Waals surface area contributed by atoms with E-state index < -0.39 is 0 Å². The number of rotatable bonds is 7. The van der Waals surface area contributed by atoms with Crippen molar-refractivity contribution in [1.82, 2.24) is 10.2 Å². The van der Waals surface area contributed by atoms with Crippen LogP contribution in [0.1, 0.15) is 36.4 Å². The van der Waals surface area contributed by atoms with E-state index in [1.54, 1.807) is 24.3 Å². The first-order valence-electron chi connectivity index (χ1n) is 9.57. The predicted molar refractivity (Wildman–Crippen MR) is 109 cm³/mol.